The third-order valence-corrected chi connectivity index (χ3v) is 2.32. The highest BCUT2D eigenvalue weighted by molar-refractivity contribution is 5.93. The van der Waals surface area contributed by atoms with E-state index in [9.17, 15) is 18.0 Å². The summed E-state index contributed by atoms with van der Waals surface area (Å²) in [7, 11) is 1.42. The van der Waals surface area contributed by atoms with Crippen molar-refractivity contribution in [3.05, 3.63) is 35.4 Å². The molecule has 0 aromatic heterocycles. The number of benzene rings is 1. The van der Waals surface area contributed by atoms with Crippen molar-refractivity contribution in [3.8, 4) is 0 Å². The molecule has 0 aliphatic rings. The summed E-state index contributed by atoms with van der Waals surface area (Å²) in [5.74, 6) is -0.400. The molecular formula is C12H18F3N3O. The highest BCUT2D eigenvalue weighted by atomic mass is 19.4. The monoisotopic (exact) mass is 277 g/mol. The van der Waals surface area contributed by atoms with E-state index in [1.807, 2.05) is 13.8 Å². The number of amides is 1. The number of carbonyl (C=O) groups is 1. The van der Waals surface area contributed by atoms with E-state index in [2.05, 4.69) is 5.32 Å². The van der Waals surface area contributed by atoms with E-state index in [0.717, 1.165) is 12.1 Å². The quantitative estimate of drug-likeness (QED) is 0.720. The van der Waals surface area contributed by atoms with Gasteiger partial charge in [0, 0.05) is 12.6 Å². The van der Waals surface area contributed by atoms with Crippen molar-refractivity contribution in [1.82, 2.24) is 5.32 Å². The van der Waals surface area contributed by atoms with Crippen molar-refractivity contribution >= 4 is 5.91 Å². The van der Waals surface area contributed by atoms with Gasteiger partial charge in [0.25, 0.3) is 5.91 Å². The maximum absolute atomic E-state index is 12.5. The molecule has 0 fully saturated rings. The summed E-state index contributed by atoms with van der Waals surface area (Å²) in [4.78, 5) is 11.2. The first-order valence-corrected chi connectivity index (χ1v) is 5.67. The van der Waals surface area contributed by atoms with Crippen LogP contribution >= 0.6 is 0 Å². The first-order chi connectivity index (χ1) is 8.70. The fourth-order valence-corrected chi connectivity index (χ4v) is 1.21. The Morgan fingerprint density at radius 1 is 1.11 bits per heavy atom. The average molecular weight is 277 g/mol. The van der Waals surface area contributed by atoms with Gasteiger partial charge in [-0.3, -0.25) is 4.79 Å². The summed E-state index contributed by atoms with van der Waals surface area (Å²) in [6.45, 7) is 4.00. The van der Waals surface area contributed by atoms with E-state index >= 15 is 0 Å². The Hall–Kier alpha value is -1.60. The van der Waals surface area contributed by atoms with Crippen LogP contribution in [-0.2, 0) is 5.66 Å². The van der Waals surface area contributed by atoms with Crippen molar-refractivity contribution in [2.75, 3.05) is 7.05 Å². The minimum atomic E-state index is -4.76. The van der Waals surface area contributed by atoms with Gasteiger partial charge in [0.1, 0.15) is 0 Å². The van der Waals surface area contributed by atoms with Crippen molar-refractivity contribution < 1.29 is 18.0 Å². The highest BCUT2D eigenvalue weighted by Crippen LogP contribution is 2.32. The Morgan fingerprint density at radius 2 is 1.53 bits per heavy atom. The fraction of sp³-hybridized carbons (Fsp3) is 0.417. The minimum absolute atomic E-state index is 0.231. The van der Waals surface area contributed by atoms with Gasteiger partial charge in [0.15, 0.2) is 5.66 Å². The molecular weight excluding hydrogens is 259 g/mol. The highest BCUT2D eigenvalue weighted by Gasteiger charge is 2.50. The molecule has 1 aromatic rings. The third-order valence-electron chi connectivity index (χ3n) is 2.32. The van der Waals surface area contributed by atoms with Crippen LogP contribution in [0.1, 0.15) is 29.8 Å². The zero-order valence-electron chi connectivity index (χ0n) is 11.0. The summed E-state index contributed by atoms with van der Waals surface area (Å²) < 4.78 is 37.5. The predicted molar refractivity (Wildman–Crippen MR) is 67.3 cm³/mol. The Balaban J connectivity index is 0.00000154. The zero-order chi connectivity index (χ0) is 15.3. The summed E-state index contributed by atoms with van der Waals surface area (Å²) >= 11 is 0. The van der Waals surface area contributed by atoms with Crippen LogP contribution in [0.2, 0.25) is 0 Å². The molecule has 0 aliphatic heterocycles. The van der Waals surface area contributed by atoms with Gasteiger partial charge in [-0.1, -0.05) is 26.0 Å². The molecule has 19 heavy (non-hydrogen) atoms. The second-order valence-electron chi connectivity index (χ2n) is 3.52. The second-order valence-corrected chi connectivity index (χ2v) is 3.52. The summed E-state index contributed by atoms with van der Waals surface area (Å²) in [6, 6.07) is 4.62. The van der Waals surface area contributed by atoms with Crippen LogP contribution in [0, 0.1) is 0 Å². The maximum atomic E-state index is 12.5. The number of nitrogens with one attached hydrogen (secondary N) is 1. The Morgan fingerprint density at radius 3 is 1.84 bits per heavy atom. The molecule has 1 amide bonds. The van der Waals surface area contributed by atoms with E-state index in [4.69, 9.17) is 11.5 Å². The molecule has 0 atom stereocenters. The predicted octanol–water partition coefficient (Wildman–Crippen LogP) is 1.70. The Labute approximate surface area is 110 Å². The molecule has 0 saturated carbocycles. The normalized spacial score (nSPS) is 11.4. The summed E-state index contributed by atoms with van der Waals surface area (Å²) in [6.07, 6.45) is -4.76. The van der Waals surface area contributed by atoms with Gasteiger partial charge in [-0.2, -0.15) is 13.2 Å². The number of halogens is 3. The van der Waals surface area contributed by atoms with E-state index in [0.29, 0.717) is 0 Å². The smallest absolute Gasteiger partial charge is 0.355 e. The zero-order valence-corrected chi connectivity index (χ0v) is 11.0. The first kappa shape index (κ1) is 17.4. The fourth-order valence-electron chi connectivity index (χ4n) is 1.21. The van der Waals surface area contributed by atoms with Crippen LogP contribution in [0.5, 0.6) is 0 Å². The number of hydrogen-bond acceptors (Lipinski definition) is 3. The molecule has 7 heteroatoms. The van der Waals surface area contributed by atoms with Crippen LogP contribution in [0.25, 0.3) is 0 Å². The first-order valence-electron chi connectivity index (χ1n) is 5.67. The Bertz CT molecular complexity index is 413. The maximum Gasteiger partial charge on any atom is 0.423 e. The molecule has 0 saturated heterocycles. The van der Waals surface area contributed by atoms with E-state index in [1.54, 1.807) is 0 Å². The number of alkyl halides is 3. The molecule has 1 aromatic carbocycles. The van der Waals surface area contributed by atoms with Gasteiger partial charge in [-0.15, -0.1) is 0 Å². The van der Waals surface area contributed by atoms with Crippen molar-refractivity contribution in [1.29, 1.82) is 0 Å². The third kappa shape index (κ3) is 3.93. The minimum Gasteiger partial charge on any atom is -0.355 e. The summed E-state index contributed by atoms with van der Waals surface area (Å²) in [5.41, 5.74) is 7.05. The summed E-state index contributed by atoms with van der Waals surface area (Å²) in [5, 5.41) is 2.35. The molecule has 5 N–H and O–H groups in total. The molecule has 108 valence electrons. The largest absolute Gasteiger partial charge is 0.423 e. The lowest BCUT2D eigenvalue weighted by molar-refractivity contribution is -0.188. The van der Waals surface area contributed by atoms with Gasteiger partial charge in [-0.25, -0.2) is 0 Å². The topological polar surface area (TPSA) is 81.1 Å². The van der Waals surface area contributed by atoms with Crippen molar-refractivity contribution in [3.63, 3.8) is 0 Å². The number of hydrogen-bond donors (Lipinski definition) is 3. The lowest BCUT2D eigenvalue weighted by Gasteiger charge is -2.27. The number of rotatable bonds is 2. The Kier molecular flexibility index (Phi) is 5.98. The van der Waals surface area contributed by atoms with Crippen molar-refractivity contribution in [2.45, 2.75) is 25.7 Å². The van der Waals surface area contributed by atoms with E-state index < -0.39 is 17.7 Å². The molecule has 0 heterocycles. The van der Waals surface area contributed by atoms with Crippen LogP contribution in [0.4, 0.5) is 13.2 Å². The molecule has 0 aliphatic carbocycles. The number of nitrogens with two attached hydrogens (primary N) is 2. The second kappa shape index (κ2) is 6.53. The van der Waals surface area contributed by atoms with Gasteiger partial charge in [0.2, 0.25) is 0 Å². The molecule has 0 unspecified atom stereocenters. The van der Waals surface area contributed by atoms with Crippen LogP contribution < -0.4 is 16.8 Å². The van der Waals surface area contributed by atoms with Crippen LogP contribution in [-0.4, -0.2) is 19.1 Å². The lowest BCUT2D eigenvalue weighted by Crippen LogP contribution is -2.57. The average Bonchev–Trinajstić information content (AvgIpc) is 2.39. The molecule has 0 radical (unpaired) electrons. The van der Waals surface area contributed by atoms with Gasteiger partial charge in [0.05, 0.1) is 0 Å². The van der Waals surface area contributed by atoms with Crippen LogP contribution in [0.3, 0.4) is 0 Å². The number of carbonyl (C=O) groups excluding carboxylic acids is 1. The van der Waals surface area contributed by atoms with Gasteiger partial charge in [-0.05, 0) is 17.7 Å². The molecule has 4 nitrogen and oxygen atoms in total. The molecule has 0 spiro atoms. The molecule has 0 bridgehead atoms. The SMILES string of the molecule is CC.CNC(=O)c1ccc(C(N)(N)C(F)(F)F)cc1. The van der Waals surface area contributed by atoms with Crippen LogP contribution in [0.15, 0.2) is 24.3 Å². The van der Waals surface area contributed by atoms with Gasteiger partial charge >= 0.3 is 6.18 Å². The van der Waals surface area contributed by atoms with Gasteiger partial charge < -0.3 is 16.8 Å². The standard InChI is InChI=1S/C10H12F3N3O.C2H6/c1-16-8(17)6-2-4-7(5-3-6)9(14,15)10(11,12)13;1-2/h2-5H,14-15H2,1H3,(H,16,17);1-2H3. The van der Waals surface area contributed by atoms with E-state index in [-0.39, 0.29) is 11.1 Å². The van der Waals surface area contributed by atoms with Crippen molar-refractivity contribution in [2.24, 2.45) is 11.5 Å². The lowest BCUT2D eigenvalue weighted by atomic mass is 9.99. The van der Waals surface area contributed by atoms with E-state index in [1.165, 1.54) is 19.2 Å². The molecule has 1 rings (SSSR count).